The van der Waals surface area contributed by atoms with Crippen LogP contribution in [0.2, 0.25) is 0 Å². The minimum atomic E-state index is -0.640. The highest BCUT2D eigenvalue weighted by Crippen LogP contribution is 2.35. The average molecular weight is 509 g/mol. The molecular formula is C30H28N4O4. The van der Waals surface area contributed by atoms with Crippen molar-refractivity contribution in [1.82, 2.24) is 9.55 Å². The van der Waals surface area contributed by atoms with Crippen molar-refractivity contribution in [3.8, 4) is 34.1 Å². The van der Waals surface area contributed by atoms with Crippen LogP contribution in [0.15, 0.2) is 73.6 Å². The van der Waals surface area contributed by atoms with Crippen LogP contribution in [-0.2, 0) is 21.1 Å². The number of rotatable bonds is 7. The first kappa shape index (κ1) is 26.2. The molecule has 2 aromatic heterocycles. The molecule has 192 valence electrons. The summed E-state index contributed by atoms with van der Waals surface area (Å²) in [6, 6.07) is 16.8. The first-order valence-electron chi connectivity index (χ1n) is 11.9. The van der Waals surface area contributed by atoms with E-state index in [4.69, 9.17) is 14.5 Å². The summed E-state index contributed by atoms with van der Waals surface area (Å²) >= 11 is 0. The first-order chi connectivity index (χ1) is 18.1. The van der Waals surface area contributed by atoms with Gasteiger partial charge in [-0.1, -0.05) is 18.7 Å². The molecule has 0 atom stereocenters. The number of carbonyl (C=O) groups excluding carboxylic acids is 2. The normalized spacial score (nSPS) is 11.0. The molecule has 1 N–H and O–H groups in total. The molecule has 2 aromatic carbocycles. The van der Waals surface area contributed by atoms with Crippen molar-refractivity contribution in [2.24, 2.45) is 5.41 Å². The third-order valence-corrected chi connectivity index (χ3v) is 5.89. The van der Waals surface area contributed by atoms with Crippen LogP contribution in [0.3, 0.4) is 0 Å². The number of pyridine rings is 1. The number of aromatic nitrogens is 2. The number of carbonyl (C=O) groups is 2. The highest BCUT2D eigenvalue weighted by atomic mass is 16.5. The number of anilines is 1. The maximum absolute atomic E-state index is 12.4. The van der Waals surface area contributed by atoms with Crippen LogP contribution in [0.25, 0.3) is 33.3 Å². The number of nitrogens with one attached hydrogen (secondary N) is 1. The summed E-state index contributed by atoms with van der Waals surface area (Å²) in [5, 5.41) is 13.0. The Balaban J connectivity index is 1.85. The molecule has 2 heterocycles. The van der Waals surface area contributed by atoms with E-state index in [1.807, 2.05) is 36.5 Å². The fourth-order valence-corrected chi connectivity index (χ4v) is 3.91. The lowest BCUT2D eigenvalue weighted by molar-refractivity contribution is -0.156. The summed E-state index contributed by atoms with van der Waals surface area (Å²) in [6.45, 7) is 8.89. The van der Waals surface area contributed by atoms with Gasteiger partial charge in [-0.25, -0.2) is 4.98 Å². The molecule has 0 spiro atoms. The SMILES string of the molecule is C=CC(=O)Nc1cc(OC)cc(-c2cnc3c(c2)c(-c2cccc(C#N)c2)cn3COC(=O)C(C)(C)C)c1. The van der Waals surface area contributed by atoms with Gasteiger partial charge in [-0.15, -0.1) is 0 Å². The standard InChI is InChI=1S/C30H28N4O4/c1-6-27(35)33-23-11-21(12-24(14-23)37-5)22-13-25-26(20-9-7-8-19(10-20)15-31)17-34(28(25)32-16-22)18-38-29(36)30(2,3)4/h6-14,16-17H,1,18H2,2-5H3,(H,33,35). The highest BCUT2D eigenvalue weighted by Gasteiger charge is 2.24. The molecule has 8 heteroatoms. The lowest BCUT2D eigenvalue weighted by Gasteiger charge is -2.17. The smallest absolute Gasteiger partial charge is 0.312 e. The van der Waals surface area contributed by atoms with Gasteiger partial charge >= 0.3 is 5.97 Å². The van der Waals surface area contributed by atoms with Gasteiger partial charge < -0.3 is 14.8 Å². The van der Waals surface area contributed by atoms with Gasteiger partial charge in [0.2, 0.25) is 5.91 Å². The third-order valence-electron chi connectivity index (χ3n) is 5.89. The minimum Gasteiger partial charge on any atom is -0.497 e. The Labute approximate surface area is 221 Å². The van der Waals surface area contributed by atoms with Crippen molar-refractivity contribution < 1.29 is 19.1 Å². The first-order valence-corrected chi connectivity index (χ1v) is 11.9. The zero-order chi connectivity index (χ0) is 27.4. The van der Waals surface area contributed by atoms with Crippen LogP contribution < -0.4 is 10.1 Å². The van der Waals surface area contributed by atoms with Crippen molar-refractivity contribution in [3.63, 3.8) is 0 Å². The second kappa shape index (κ2) is 10.6. The number of benzene rings is 2. The number of amides is 1. The second-order valence-corrected chi connectivity index (χ2v) is 9.75. The summed E-state index contributed by atoms with van der Waals surface area (Å²) < 4.78 is 12.8. The van der Waals surface area contributed by atoms with Crippen molar-refractivity contribution in [1.29, 1.82) is 5.26 Å². The topological polar surface area (TPSA) is 106 Å². The fourth-order valence-electron chi connectivity index (χ4n) is 3.91. The van der Waals surface area contributed by atoms with Gasteiger partial charge in [0.15, 0.2) is 6.73 Å². The van der Waals surface area contributed by atoms with E-state index in [9.17, 15) is 14.9 Å². The van der Waals surface area contributed by atoms with Gasteiger partial charge in [-0.3, -0.25) is 14.2 Å². The number of nitrogens with zero attached hydrogens (tertiary/aromatic N) is 3. The number of ether oxygens (including phenoxy) is 2. The molecule has 0 bridgehead atoms. The van der Waals surface area contributed by atoms with E-state index < -0.39 is 5.41 Å². The van der Waals surface area contributed by atoms with Crippen LogP contribution in [0.5, 0.6) is 5.75 Å². The van der Waals surface area contributed by atoms with Gasteiger partial charge in [-0.2, -0.15) is 5.26 Å². The number of nitriles is 1. The maximum atomic E-state index is 12.4. The van der Waals surface area contributed by atoms with Crippen LogP contribution in [-0.4, -0.2) is 28.5 Å². The molecular weight excluding hydrogens is 480 g/mol. The Morgan fingerprint density at radius 1 is 1.13 bits per heavy atom. The number of esters is 1. The molecule has 0 aliphatic rings. The predicted octanol–water partition coefficient (Wildman–Crippen LogP) is 5.92. The van der Waals surface area contributed by atoms with E-state index in [0.29, 0.717) is 22.6 Å². The van der Waals surface area contributed by atoms with Crippen LogP contribution in [0.1, 0.15) is 26.3 Å². The van der Waals surface area contributed by atoms with Crippen molar-refractivity contribution in [2.75, 3.05) is 12.4 Å². The van der Waals surface area contributed by atoms with Gasteiger partial charge in [0, 0.05) is 40.7 Å². The summed E-state index contributed by atoms with van der Waals surface area (Å²) in [5.41, 5.74) is 4.30. The average Bonchev–Trinajstić information content (AvgIpc) is 3.28. The molecule has 8 nitrogen and oxygen atoms in total. The summed E-state index contributed by atoms with van der Waals surface area (Å²) in [5.74, 6) is -0.0932. The molecule has 0 aliphatic heterocycles. The molecule has 38 heavy (non-hydrogen) atoms. The van der Waals surface area contributed by atoms with Crippen LogP contribution in [0.4, 0.5) is 5.69 Å². The van der Waals surface area contributed by atoms with E-state index in [1.54, 1.807) is 56.8 Å². The quantitative estimate of drug-likeness (QED) is 0.245. The fraction of sp³-hybridized carbons (Fsp3) is 0.200. The molecule has 0 saturated heterocycles. The van der Waals surface area contributed by atoms with Crippen molar-refractivity contribution in [3.05, 3.63) is 79.1 Å². The van der Waals surface area contributed by atoms with E-state index >= 15 is 0 Å². The molecule has 0 radical (unpaired) electrons. The molecule has 1 amide bonds. The summed E-state index contributed by atoms with van der Waals surface area (Å²) in [4.78, 5) is 29.0. The van der Waals surface area contributed by atoms with E-state index in [1.165, 1.54) is 6.08 Å². The van der Waals surface area contributed by atoms with Crippen LogP contribution in [0, 0.1) is 16.7 Å². The highest BCUT2D eigenvalue weighted by molar-refractivity contribution is 6.00. The molecule has 0 unspecified atom stereocenters. The Kier molecular flexibility index (Phi) is 7.31. The lowest BCUT2D eigenvalue weighted by atomic mass is 9.98. The zero-order valence-electron chi connectivity index (χ0n) is 21.7. The minimum absolute atomic E-state index is 0.00617. The molecule has 0 aliphatic carbocycles. The predicted molar refractivity (Wildman–Crippen MR) is 146 cm³/mol. The van der Waals surface area contributed by atoms with Crippen molar-refractivity contribution in [2.45, 2.75) is 27.5 Å². The van der Waals surface area contributed by atoms with E-state index in [-0.39, 0.29) is 18.6 Å². The number of fused-ring (bicyclic) bond motifs is 1. The van der Waals surface area contributed by atoms with E-state index in [0.717, 1.165) is 27.6 Å². The lowest BCUT2D eigenvalue weighted by Crippen LogP contribution is -2.23. The third kappa shape index (κ3) is 5.57. The molecule has 4 aromatic rings. The molecule has 0 fully saturated rings. The number of hydrogen-bond acceptors (Lipinski definition) is 6. The van der Waals surface area contributed by atoms with Gasteiger partial charge in [0.05, 0.1) is 24.2 Å². The summed E-state index contributed by atoms with van der Waals surface area (Å²) in [6.07, 6.45) is 4.78. The maximum Gasteiger partial charge on any atom is 0.312 e. The largest absolute Gasteiger partial charge is 0.497 e. The Morgan fingerprint density at radius 3 is 2.61 bits per heavy atom. The Hall–Kier alpha value is -4.90. The van der Waals surface area contributed by atoms with Crippen molar-refractivity contribution >= 4 is 28.6 Å². The van der Waals surface area contributed by atoms with Gasteiger partial charge in [0.1, 0.15) is 11.4 Å². The number of methoxy groups -OCH3 is 1. The van der Waals surface area contributed by atoms with E-state index in [2.05, 4.69) is 18.0 Å². The van der Waals surface area contributed by atoms with Gasteiger partial charge in [-0.05, 0) is 68.3 Å². The zero-order valence-corrected chi connectivity index (χ0v) is 21.7. The molecule has 4 rings (SSSR count). The second-order valence-electron chi connectivity index (χ2n) is 9.75. The van der Waals surface area contributed by atoms with Gasteiger partial charge in [0.25, 0.3) is 0 Å². The number of hydrogen-bond donors (Lipinski definition) is 1. The van der Waals surface area contributed by atoms with Crippen LogP contribution >= 0.6 is 0 Å². The summed E-state index contributed by atoms with van der Waals surface area (Å²) in [7, 11) is 1.55. The Morgan fingerprint density at radius 2 is 1.92 bits per heavy atom. The molecule has 0 saturated carbocycles. The monoisotopic (exact) mass is 508 g/mol. The Bertz CT molecular complexity index is 1590.